The van der Waals surface area contributed by atoms with Crippen LogP contribution in [0.1, 0.15) is 316 Å². The molecule has 0 radical (unpaired) electrons. The number of phosphoric acid groups is 1. The van der Waals surface area contributed by atoms with Crippen molar-refractivity contribution in [3.05, 3.63) is 146 Å². The van der Waals surface area contributed by atoms with Crippen molar-refractivity contribution in [3.63, 3.8) is 0 Å². The molecule has 3 atom stereocenters. The number of unbranched alkanes of at least 4 members (excludes halogenated alkanes) is 33. The first-order chi connectivity index (χ1) is 44.5. The monoisotopic (exact) mass is 1280 g/mol. The molecule has 0 bridgehead atoms. The lowest BCUT2D eigenvalue weighted by molar-refractivity contribution is -0.870. The second-order valence-corrected chi connectivity index (χ2v) is 27.7. The Kier molecular flexibility index (Phi) is 67.9. The van der Waals surface area contributed by atoms with Crippen LogP contribution in [0, 0.1) is 0 Å². The van der Waals surface area contributed by atoms with Crippen molar-refractivity contribution < 1.29 is 32.9 Å². The number of amides is 1. The van der Waals surface area contributed by atoms with E-state index in [4.69, 9.17) is 9.05 Å². The van der Waals surface area contributed by atoms with Crippen molar-refractivity contribution in [1.82, 2.24) is 5.32 Å². The van der Waals surface area contributed by atoms with Gasteiger partial charge in [-0.1, -0.05) is 339 Å². The Morgan fingerprint density at radius 3 is 1.02 bits per heavy atom. The Labute approximate surface area is 563 Å². The highest BCUT2D eigenvalue weighted by Gasteiger charge is 2.23. The molecule has 1 amide bonds. The van der Waals surface area contributed by atoms with E-state index in [-0.39, 0.29) is 12.5 Å². The number of aliphatic hydroxyl groups is 1. The first-order valence-corrected chi connectivity index (χ1v) is 39.2. The van der Waals surface area contributed by atoms with Gasteiger partial charge in [-0.05, 0) is 116 Å². The molecule has 0 aliphatic carbocycles. The summed E-state index contributed by atoms with van der Waals surface area (Å²) < 4.78 is 23.5. The fraction of sp³-hybridized carbons (Fsp3) is 0.695. The third-order valence-corrected chi connectivity index (χ3v) is 17.2. The van der Waals surface area contributed by atoms with E-state index >= 15 is 0 Å². The van der Waals surface area contributed by atoms with Crippen LogP contribution in [0.15, 0.2) is 146 Å². The molecule has 0 saturated heterocycles. The maximum Gasteiger partial charge on any atom is 0.268 e. The van der Waals surface area contributed by atoms with Crippen molar-refractivity contribution in [2.24, 2.45) is 0 Å². The molecule has 0 spiro atoms. The van der Waals surface area contributed by atoms with Crippen LogP contribution >= 0.6 is 7.82 Å². The maximum atomic E-state index is 13.1. The number of allylic oxidation sites excluding steroid dienone is 23. The van der Waals surface area contributed by atoms with Crippen molar-refractivity contribution >= 4 is 13.7 Å². The average molecular weight is 1280 g/mol. The summed E-state index contributed by atoms with van der Waals surface area (Å²) in [7, 11) is 1.22. The number of hydrogen-bond acceptors (Lipinski definition) is 6. The zero-order valence-electron chi connectivity index (χ0n) is 59.7. The van der Waals surface area contributed by atoms with Gasteiger partial charge in [-0.3, -0.25) is 9.36 Å². The zero-order chi connectivity index (χ0) is 66.2. The summed E-state index contributed by atoms with van der Waals surface area (Å²) in [5.74, 6) is -0.217. The molecule has 8 nitrogen and oxygen atoms in total. The van der Waals surface area contributed by atoms with Crippen LogP contribution in [0.2, 0.25) is 0 Å². The van der Waals surface area contributed by atoms with E-state index in [2.05, 4.69) is 153 Å². The zero-order valence-corrected chi connectivity index (χ0v) is 60.6. The Hall–Kier alpha value is -3.62. The highest BCUT2D eigenvalue weighted by molar-refractivity contribution is 7.45. The van der Waals surface area contributed by atoms with Crippen molar-refractivity contribution in [2.45, 2.75) is 328 Å². The first kappa shape index (κ1) is 87.4. The smallest absolute Gasteiger partial charge is 0.268 e. The predicted octanol–water partition coefficient (Wildman–Crippen LogP) is 24.1. The molecule has 0 fully saturated rings. The fourth-order valence-corrected chi connectivity index (χ4v) is 11.2. The summed E-state index contributed by atoms with van der Waals surface area (Å²) in [4.78, 5) is 25.7. The Morgan fingerprint density at radius 1 is 0.396 bits per heavy atom. The molecule has 0 rings (SSSR count). The highest BCUT2D eigenvalue weighted by atomic mass is 31.2. The number of carbonyl (C=O) groups is 1. The van der Waals surface area contributed by atoms with Crippen LogP contribution < -0.4 is 10.2 Å². The molecule has 0 saturated carbocycles. The molecule has 3 unspecified atom stereocenters. The lowest BCUT2D eigenvalue weighted by Gasteiger charge is -2.29. The average Bonchev–Trinajstić information content (AvgIpc) is 3.58. The predicted molar refractivity (Wildman–Crippen MR) is 398 cm³/mol. The van der Waals surface area contributed by atoms with Gasteiger partial charge in [0.2, 0.25) is 5.91 Å². The van der Waals surface area contributed by atoms with E-state index in [0.717, 1.165) is 109 Å². The lowest BCUT2D eigenvalue weighted by Crippen LogP contribution is -2.45. The van der Waals surface area contributed by atoms with Gasteiger partial charge < -0.3 is 28.8 Å². The molecule has 0 aromatic heterocycles. The van der Waals surface area contributed by atoms with E-state index in [1.54, 1.807) is 6.08 Å². The lowest BCUT2D eigenvalue weighted by atomic mass is 10.0. The number of quaternary nitrogens is 1. The molecule has 0 heterocycles. The quantitative estimate of drug-likeness (QED) is 0.0272. The number of rotatable bonds is 68. The number of nitrogens with one attached hydrogen (secondary N) is 1. The van der Waals surface area contributed by atoms with Gasteiger partial charge in [-0.15, -0.1) is 0 Å². The molecule has 0 aliphatic rings. The van der Waals surface area contributed by atoms with Gasteiger partial charge in [-0.25, -0.2) is 0 Å². The maximum absolute atomic E-state index is 13.1. The summed E-state index contributed by atoms with van der Waals surface area (Å²) >= 11 is 0. The number of nitrogens with zero attached hydrogens (tertiary/aromatic N) is 1. The Bertz CT molecular complexity index is 2000. The van der Waals surface area contributed by atoms with Gasteiger partial charge in [-0.2, -0.15) is 0 Å². The third-order valence-electron chi connectivity index (χ3n) is 16.3. The van der Waals surface area contributed by atoms with Crippen molar-refractivity contribution in [1.29, 1.82) is 0 Å². The Morgan fingerprint density at radius 2 is 0.681 bits per heavy atom. The number of likely N-dealkylation sites (N-methyl/N-ethyl adjacent to an activating group) is 1. The second kappa shape index (κ2) is 70.7. The standard InChI is InChI=1S/C82H143N2O6P/c1-6-8-10-12-14-16-18-20-22-24-26-28-30-32-34-36-38-39-40-41-42-43-44-45-46-48-50-52-54-56-58-60-62-64-66-68-70-72-74-76-82(86)83-80(79-90-91(87,88)89-78-77-84(3,4)5)81(85)75-73-71-69-67-65-63-61-59-57-55-53-51-49-47-37-35-33-31-29-27-25-23-21-19-17-15-13-11-9-7-2/h8,10,14,16,20,22,26,28,32,34,38-39,41-42,44-45,48,50,57,59,65,67,73,75,80-81,85H,6-7,9,11-13,15,17-19,21,23-25,27,29-31,33,35-37,40,43,46-47,49,51-56,58,60-64,66,68-72,74,76-79H2,1-5H3,(H-,83,86,87,88)/b10-8-,16-14-,22-20-,28-26-,34-32-,39-38-,42-41-,45-44-,50-48-,59-57+,67-65+,75-73+. The van der Waals surface area contributed by atoms with Gasteiger partial charge >= 0.3 is 0 Å². The molecule has 0 aromatic rings. The molecule has 9 heteroatoms. The van der Waals surface area contributed by atoms with Crippen molar-refractivity contribution in [2.75, 3.05) is 40.9 Å². The van der Waals surface area contributed by atoms with Gasteiger partial charge in [0, 0.05) is 6.42 Å². The number of aliphatic hydroxyl groups excluding tert-OH is 1. The minimum atomic E-state index is -4.63. The summed E-state index contributed by atoms with van der Waals surface area (Å²) in [5, 5.41) is 14.0. The molecular formula is C82H143N2O6P. The summed E-state index contributed by atoms with van der Waals surface area (Å²) in [6.07, 6.45) is 108. The van der Waals surface area contributed by atoms with Crippen LogP contribution in [0.3, 0.4) is 0 Å². The first-order valence-electron chi connectivity index (χ1n) is 37.7. The number of carbonyl (C=O) groups excluding carboxylic acids is 1. The molecular weight excluding hydrogens is 1140 g/mol. The Balaban J connectivity index is 4.14. The SMILES string of the molecule is CC/C=C\C/C=C\C/C=C\C/C=C\C/C=C\C/C=C\C/C=C\C/C=C\C/C=C\CCCCCCCCCCCCCC(=O)NC(COP(=O)([O-])OCC[N+](C)(C)C)C(O)/C=C/CC/C=C/CC/C=C/CCCCCCCCCCCCCCCCCCCCCC. The normalized spacial score (nSPS) is 14.4. The van der Waals surface area contributed by atoms with E-state index < -0.39 is 26.6 Å². The summed E-state index contributed by atoms with van der Waals surface area (Å²) in [5.41, 5.74) is 0. The topological polar surface area (TPSA) is 108 Å². The third kappa shape index (κ3) is 73.7. The molecule has 91 heavy (non-hydrogen) atoms. The molecule has 0 aliphatic heterocycles. The number of phosphoric ester groups is 1. The van der Waals surface area contributed by atoms with E-state index in [1.807, 2.05) is 27.2 Å². The van der Waals surface area contributed by atoms with E-state index in [9.17, 15) is 19.4 Å². The van der Waals surface area contributed by atoms with Crippen LogP contribution in [0.4, 0.5) is 0 Å². The van der Waals surface area contributed by atoms with Crippen LogP contribution in [-0.2, 0) is 18.4 Å². The molecule has 2 N–H and O–H groups in total. The summed E-state index contributed by atoms with van der Waals surface area (Å²) in [6, 6.07) is -0.924. The van der Waals surface area contributed by atoms with Gasteiger partial charge in [0.05, 0.1) is 39.9 Å². The van der Waals surface area contributed by atoms with Crippen LogP contribution in [-0.4, -0.2) is 68.5 Å². The molecule has 522 valence electrons. The van der Waals surface area contributed by atoms with Gasteiger partial charge in [0.1, 0.15) is 13.2 Å². The fourth-order valence-electron chi connectivity index (χ4n) is 10.5. The summed E-state index contributed by atoms with van der Waals surface area (Å²) in [6.45, 7) is 4.52. The van der Waals surface area contributed by atoms with Gasteiger partial charge in [0.25, 0.3) is 7.82 Å². The minimum Gasteiger partial charge on any atom is -0.756 e. The van der Waals surface area contributed by atoms with E-state index in [1.165, 1.54) is 186 Å². The highest BCUT2D eigenvalue weighted by Crippen LogP contribution is 2.38. The van der Waals surface area contributed by atoms with Gasteiger partial charge in [0.15, 0.2) is 0 Å². The van der Waals surface area contributed by atoms with E-state index in [0.29, 0.717) is 17.4 Å². The van der Waals surface area contributed by atoms with Crippen molar-refractivity contribution in [3.8, 4) is 0 Å². The van der Waals surface area contributed by atoms with Crippen LogP contribution in [0.25, 0.3) is 0 Å². The largest absolute Gasteiger partial charge is 0.756 e. The molecule has 0 aromatic carbocycles. The number of hydrogen-bond donors (Lipinski definition) is 2. The van der Waals surface area contributed by atoms with Crippen LogP contribution in [0.5, 0.6) is 0 Å². The second-order valence-electron chi connectivity index (χ2n) is 26.3. The minimum absolute atomic E-state index is 0.0158.